The van der Waals surface area contributed by atoms with Gasteiger partial charge in [0.1, 0.15) is 16.6 Å². The number of aromatic nitrogens is 1. The molecule has 0 aliphatic heterocycles. The van der Waals surface area contributed by atoms with E-state index in [1.54, 1.807) is 6.20 Å². The van der Waals surface area contributed by atoms with Crippen LogP contribution in [0.1, 0.15) is 30.3 Å². The van der Waals surface area contributed by atoms with Gasteiger partial charge in [0.05, 0.1) is 5.69 Å². The third-order valence-electron chi connectivity index (χ3n) is 4.15. The van der Waals surface area contributed by atoms with Crippen molar-refractivity contribution in [2.24, 2.45) is 0 Å². The van der Waals surface area contributed by atoms with Gasteiger partial charge in [0.15, 0.2) is 0 Å². The number of hydrogen-bond donors (Lipinski definition) is 1. The lowest BCUT2D eigenvalue weighted by molar-refractivity contribution is 0.795. The SMILES string of the molecule is CCCCc1ccc(NC=C(C#N)c2nc(-c3ccc(Cl)cc3)cs2)cc1. The molecule has 0 aliphatic carbocycles. The van der Waals surface area contributed by atoms with E-state index in [1.165, 1.54) is 29.7 Å². The summed E-state index contributed by atoms with van der Waals surface area (Å²) >= 11 is 7.39. The summed E-state index contributed by atoms with van der Waals surface area (Å²) < 4.78 is 0. The quantitative estimate of drug-likeness (QED) is 0.450. The van der Waals surface area contributed by atoms with Gasteiger partial charge in [0.25, 0.3) is 0 Å². The molecular formula is C22H20ClN3S. The maximum Gasteiger partial charge on any atom is 0.136 e. The highest BCUT2D eigenvalue weighted by atomic mass is 35.5. The molecule has 1 heterocycles. The monoisotopic (exact) mass is 393 g/mol. The van der Waals surface area contributed by atoms with Gasteiger partial charge in [0.2, 0.25) is 0 Å². The molecule has 27 heavy (non-hydrogen) atoms. The molecule has 1 N–H and O–H groups in total. The van der Waals surface area contributed by atoms with Gasteiger partial charge in [0, 0.05) is 27.9 Å². The van der Waals surface area contributed by atoms with Crippen molar-refractivity contribution in [3.05, 3.63) is 75.7 Å². The topological polar surface area (TPSA) is 48.7 Å². The summed E-state index contributed by atoms with van der Waals surface area (Å²) in [6.45, 7) is 2.20. The Morgan fingerprint density at radius 1 is 1.19 bits per heavy atom. The van der Waals surface area contributed by atoms with Crippen LogP contribution in [0.3, 0.4) is 0 Å². The normalized spacial score (nSPS) is 11.2. The number of allylic oxidation sites excluding steroid dienone is 1. The van der Waals surface area contributed by atoms with Gasteiger partial charge in [-0.2, -0.15) is 5.26 Å². The van der Waals surface area contributed by atoms with E-state index in [4.69, 9.17) is 11.6 Å². The Labute approximate surface area is 169 Å². The molecule has 1 aromatic heterocycles. The molecule has 5 heteroatoms. The maximum absolute atomic E-state index is 9.51. The Morgan fingerprint density at radius 2 is 1.93 bits per heavy atom. The molecule has 0 saturated heterocycles. The summed E-state index contributed by atoms with van der Waals surface area (Å²) in [6.07, 6.45) is 5.21. The van der Waals surface area contributed by atoms with Gasteiger partial charge >= 0.3 is 0 Å². The number of thiazole rings is 1. The average Bonchev–Trinajstić information content (AvgIpc) is 3.18. The van der Waals surface area contributed by atoms with Crippen molar-refractivity contribution >= 4 is 34.2 Å². The van der Waals surface area contributed by atoms with Crippen LogP contribution in [0.5, 0.6) is 0 Å². The molecule has 0 atom stereocenters. The van der Waals surface area contributed by atoms with Crippen molar-refractivity contribution in [1.29, 1.82) is 5.26 Å². The second-order valence-electron chi connectivity index (χ2n) is 6.16. The molecule has 0 spiro atoms. The molecule has 0 amide bonds. The minimum Gasteiger partial charge on any atom is -0.360 e. The van der Waals surface area contributed by atoms with Crippen LogP contribution in [-0.2, 0) is 6.42 Å². The van der Waals surface area contributed by atoms with Crippen molar-refractivity contribution in [3.8, 4) is 17.3 Å². The summed E-state index contributed by atoms with van der Waals surface area (Å²) in [5, 5.41) is 16.0. The largest absolute Gasteiger partial charge is 0.360 e. The Kier molecular flexibility index (Phi) is 6.64. The number of benzene rings is 2. The lowest BCUT2D eigenvalue weighted by Crippen LogP contribution is -1.92. The van der Waals surface area contributed by atoms with E-state index in [0.717, 1.165) is 23.4 Å². The lowest BCUT2D eigenvalue weighted by atomic mass is 10.1. The molecule has 0 aliphatic rings. The number of nitrogens with zero attached hydrogens (tertiary/aromatic N) is 2. The highest BCUT2D eigenvalue weighted by molar-refractivity contribution is 7.11. The first-order valence-corrected chi connectivity index (χ1v) is 10.1. The zero-order valence-corrected chi connectivity index (χ0v) is 16.6. The fourth-order valence-electron chi connectivity index (χ4n) is 2.60. The van der Waals surface area contributed by atoms with E-state index in [1.807, 2.05) is 41.8 Å². The molecule has 0 fully saturated rings. The molecule has 0 bridgehead atoms. The van der Waals surface area contributed by atoms with Gasteiger partial charge in [-0.05, 0) is 42.7 Å². The first-order valence-electron chi connectivity index (χ1n) is 8.87. The van der Waals surface area contributed by atoms with Gasteiger partial charge < -0.3 is 5.32 Å². The fourth-order valence-corrected chi connectivity index (χ4v) is 3.52. The number of nitriles is 1. The van der Waals surface area contributed by atoms with Crippen molar-refractivity contribution in [1.82, 2.24) is 4.98 Å². The Morgan fingerprint density at radius 3 is 2.59 bits per heavy atom. The molecule has 3 nitrogen and oxygen atoms in total. The number of nitrogens with one attached hydrogen (secondary N) is 1. The van der Waals surface area contributed by atoms with Crippen LogP contribution in [-0.4, -0.2) is 4.98 Å². The third-order valence-corrected chi connectivity index (χ3v) is 5.28. The minimum atomic E-state index is 0.510. The average molecular weight is 394 g/mol. The maximum atomic E-state index is 9.51. The zero-order chi connectivity index (χ0) is 19.1. The van der Waals surface area contributed by atoms with Crippen molar-refractivity contribution in [3.63, 3.8) is 0 Å². The van der Waals surface area contributed by atoms with E-state index in [-0.39, 0.29) is 0 Å². The minimum absolute atomic E-state index is 0.510. The smallest absolute Gasteiger partial charge is 0.136 e. The van der Waals surface area contributed by atoms with E-state index in [0.29, 0.717) is 15.6 Å². The summed E-state index contributed by atoms with van der Waals surface area (Å²) in [7, 11) is 0. The molecule has 0 radical (unpaired) electrons. The standard InChI is InChI=1S/C22H20ClN3S/c1-2-3-4-16-5-11-20(12-6-16)25-14-18(13-24)22-26-21(15-27-22)17-7-9-19(23)10-8-17/h5-12,14-15,25H,2-4H2,1H3. The zero-order valence-electron chi connectivity index (χ0n) is 15.1. The van der Waals surface area contributed by atoms with Crippen LogP contribution in [0, 0.1) is 11.3 Å². The van der Waals surface area contributed by atoms with Crippen LogP contribution in [0.2, 0.25) is 5.02 Å². The van der Waals surface area contributed by atoms with E-state index in [9.17, 15) is 5.26 Å². The summed E-state index contributed by atoms with van der Waals surface area (Å²) in [4.78, 5) is 4.59. The Balaban J connectivity index is 1.71. The van der Waals surface area contributed by atoms with Gasteiger partial charge in [-0.3, -0.25) is 0 Å². The second-order valence-corrected chi connectivity index (χ2v) is 7.45. The predicted molar refractivity (Wildman–Crippen MR) is 115 cm³/mol. The molecule has 0 saturated carbocycles. The first kappa shape index (κ1) is 19.2. The first-order chi connectivity index (χ1) is 13.2. The summed E-state index contributed by atoms with van der Waals surface area (Å²) in [6, 6.07) is 18.1. The Bertz CT molecular complexity index is 950. The van der Waals surface area contributed by atoms with Gasteiger partial charge in [-0.1, -0.05) is 49.2 Å². The van der Waals surface area contributed by atoms with Crippen LogP contribution >= 0.6 is 22.9 Å². The third kappa shape index (κ3) is 5.19. The summed E-state index contributed by atoms with van der Waals surface area (Å²) in [5.74, 6) is 0. The van der Waals surface area contributed by atoms with Crippen molar-refractivity contribution in [2.75, 3.05) is 5.32 Å². The number of hydrogen-bond acceptors (Lipinski definition) is 4. The number of unbranched alkanes of at least 4 members (excludes halogenated alkanes) is 1. The van der Waals surface area contributed by atoms with E-state index < -0.39 is 0 Å². The molecule has 3 rings (SSSR count). The van der Waals surface area contributed by atoms with Crippen molar-refractivity contribution in [2.45, 2.75) is 26.2 Å². The molecule has 136 valence electrons. The van der Waals surface area contributed by atoms with Crippen molar-refractivity contribution < 1.29 is 0 Å². The predicted octanol–water partition coefficient (Wildman–Crippen LogP) is 6.78. The fraction of sp³-hybridized carbons (Fsp3) is 0.182. The number of aryl methyl sites for hydroxylation is 1. The summed E-state index contributed by atoms with van der Waals surface area (Å²) in [5.41, 5.74) is 4.62. The second kappa shape index (κ2) is 9.36. The number of rotatable bonds is 7. The molecule has 3 aromatic rings. The highest BCUT2D eigenvalue weighted by Gasteiger charge is 2.09. The van der Waals surface area contributed by atoms with Crippen LogP contribution < -0.4 is 5.32 Å². The van der Waals surface area contributed by atoms with Crippen LogP contribution in [0.25, 0.3) is 16.8 Å². The molecule has 2 aromatic carbocycles. The lowest BCUT2D eigenvalue weighted by Gasteiger charge is -2.04. The molecular weight excluding hydrogens is 374 g/mol. The van der Waals surface area contributed by atoms with Gasteiger partial charge in [-0.25, -0.2) is 4.98 Å². The van der Waals surface area contributed by atoms with E-state index >= 15 is 0 Å². The number of halogens is 1. The van der Waals surface area contributed by atoms with E-state index in [2.05, 4.69) is 35.4 Å². The number of anilines is 1. The van der Waals surface area contributed by atoms with Crippen LogP contribution in [0.15, 0.2) is 60.1 Å². The Hall–Kier alpha value is -2.61. The highest BCUT2D eigenvalue weighted by Crippen LogP contribution is 2.27. The molecule has 0 unspecified atom stereocenters. The van der Waals surface area contributed by atoms with Crippen LogP contribution in [0.4, 0.5) is 5.69 Å². The van der Waals surface area contributed by atoms with Gasteiger partial charge in [-0.15, -0.1) is 11.3 Å².